The molecular formula is C19H16F2N4OS2. The van der Waals surface area contributed by atoms with E-state index in [1.165, 1.54) is 11.3 Å². The van der Waals surface area contributed by atoms with Crippen LogP contribution in [0.25, 0.3) is 11.1 Å². The fourth-order valence-corrected chi connectivity index (χ4v) is 4.54. The SMILES string of the molecule is Cc1nc(N2CCN(c3ccc(-c4cc(F)ccc4F)cc3)C2=O)sc1SN. The molecule has 2 heterocycles. The number of anilines is 2. The van der Waals surface area contributed by atoms with Gasteiger partial charge in [-0.25, -0.2) is 18.6 Å². The van der Waals surface area contributed by atoms with Crippen LogP contribution in [0.2, 0.25) is 0 Å². The highest BCUT2D eigenvalue weighted by Crippen LogP contribution is 2.34. The lowest BCUT2D eigenvalue weighted by Crippen LogP contribution is -2.31. The van der Waals surface area contributed by atoms with Crippen LogP contribution in [0.1, 0.15) is 5.69 Å². The normalized spacial score (nSPS) is 14.2. The van der Waals surface area contributed by atoms with Crippen molar-refractivity contribution in [2.45, 2.75) is 11.1 Å². The van der Waals surface area contributed by atoms with E-state index in [1.54, 1.807) is 34.1 Å². The molecule has 1 aliphatic heterocycles. The Hall–Kier alpha value is -2.49. The third kappa shape index (κ3) is 3.36. The van der Waals surface area contributed by atoms with Gasteiger partial charge in [-0.3, -0.25) is 14.9 Å². The van der Waals surface area contributed by atoms with Crippen LogP contribution in [0.15, 0.2) is 46.7 Å². The highest BCUT2D eigenvalue weighted by atomic mass is 32.2. The Balaban J connectivity index is 1.56. The summed E-state index contributed by atoms with van der Waals surface area (Å²) in [7, 11) is 0. The number of halogens is 2. The van der Waals surface area contributed by atoms with Crippen LogP contribution in [0.5, 0.6) is 0 Å². The Morgan fingerprint density at radius 1 is 1.11 bits per heavy atom. The maximum absolute atomic E-state index is 14.0. The summed E-state index contributed by atoms with van der Waals surface area (Å²) < 4.78 is 28.3. The zero-order chi connectivity index (χ0) is 19.8. The van der Waals surface area contributed by atoms with Crippen LogP contribution in [0.3, 0.4) is 0 Å². The number of amides is 2. The Morgan fingerprint density at radius 3 is 2.50 bits per heavy atom. The van der Waals surface area contributed by atoms with E-state index in [-0.39, 0.29) is 11.6 Å². The second kappa shape index (κ2) is 7.50. The Bertz CT molecular complexity index is 1040. The lowest BCUT2D eigenvalue weighted by atomic mass is 10.0. The molecule has 144 valence electrons. The van der Waals surface area contributed by atoms with Gasteiger partial charge in [0.15, 0.2) is 5.13 Å². The zero-order valence-corrected chi connectivity index (χ0v) is 16.5. The molecule has 1 fully saturated rings. The summed E-state index contributed by atoms with van der Waals surface area (Å²) in [6.07, 6.45) is 0. The van der Waals surface area contributed by atoms with E-state index < -0.39 is 11.6 Å². The molecule has 0 aliphatic carbocycles. The fourth-order valence-electron chi connectivity index (χ4n) is 3.09. The molecule has 5 nitrogen and oxygen atoms in total. The summed E-state index contributed by atoms with van der Waals surface area (Å²) in [5.41, 5.74) is 2.23. The van der Waals surface area contributed by atoms with Gasteiger partial charge in [0, 0.05) is 24.3 Å². The molecule has 0 unspecified atom stereocenters. The molecule has 2 amide bonds. The van der Waals surface area contributed by atoms with Gasteiger partial charge in [-0.15, -0.1) is 0 Å². The van der Waals surface area contributed by atoms with Crippen molar-refractivity contribution in [2.24, 2.45) is 5.14 Å². The van der Waals surface area contributed by atoms with E-state index in [1.807, 2.05) is 6.92 Å². The second-order valence-electron chi connectivity index (χ2n) is 6.24. The van der Waals surface area contributed by atoms with Crippen LogP contribution in [0.4, 0.5) is 24.4 Å². The van der Waals surface area contributed by atoms with E-state index in [0.717, 1.165) is 40.1 Å². The molecular weight excluding hydrogens is 402 g/mol. The lowest BCUT2D eigenvalue weighted by molar-refractivity contribution is 0.256. The molecule has 3 aromatic rings. The summed E-state index contributed by atoms with van der Waals surface area (Å²) in [6.45, 7) is 2.88. The number of aromatic nitrogens is 1. The minimum absolute atomic E-state index is 0.174. The standard InChI is InChI=1S/C19H16F2N4OS2/c1-11-17(28-22)27-18(23-11)25-9-8-24(19(25)26)14-5-2-12(3-6-14)15-10-13(20)4-7-16(15)21/h2-7,10H,8-9,22H2,1H3. The number of aryl methyl sites for hydroxylation is 1. The van der Waals surface area contributed by atoms with Gasteiger partial charge >= 0.3 is 6.03 Å². The molecule has 0 bridgehead atoms. The van der Waals surface area contributed by atoms with Gasteiger partial charge in [0.05, 0.1) is 9.90 Å². The highest BCUT2D eigenvalue weighted by Gasteiger charge is 2.33. The highest BCUT2D eigenvalue weighted by molar-refractivity contribution is 7.99. The predicted molar refractivity (Wildman–Crippen MR) is 109 cm³/mol. The molecule has 0 radical (unpaired) electrons. The molecule has 1 aromatic heterocycles. The van der Waals surface area contributed by atoms with Gasteiger partial charge in [0.2, 0.25) is 0 Å². The summed E-state index contributed by atoms with van der Waals surface area (Å²) >= 11 is 2.51. The van der Waals surface area contributed by atoms with Gasteiger partial charge in [0.25, 0.3) is 0 Å². The smallest absolute Gasteiger partial charge is 0.292 e. The first-order valence-corrected chi connectivity index (χ1v) is 10.2. The minimum Gasteiger partial charge on any atom is -0.292 e. The van der Waals surface area contributed by atoms with E-state index in [4.69, 9.17) is 5.14 Å². The molecule has 1 saturated heterocycles. The molecule has 4 rings (SSSR count). The molecule has 0 spiro atoms. The number of hydrogen-bond acceptors (Lipinski definition) is 5. The number of nitrogens with two attached hydrogens (primary N) is 1. The Labute approximate surface area is 168 Å². The summed E-state index contributed by atoms with van der Waals surface area (Å²) in [6, 6.07) is 9.99. The van der Waals surface area contributed by atoms with Crippen LogP contribution in [-0.2, 0) is 0 Å². The maximum atomic E-state index is 14.0. The van der Waals surface area contributed by atoms with Crippen molar-refractivity contribution in [3.05, 3.63) is 59.8 Å². The number of hydrogen-bond donors (Lipinski definition) is 1. The minimum atomic E-state index is -0.500. The van der Waals surface area contributed by atoms with Crippen LogP contribution in [0, 0.1) is 18.6 Å². The number of carbonyl (C=O) groups is 1. The number of carbonyl (C=O) groups excluding carboxylic acids is 1. The number of urea groups is 1. The summed E-state index contributed by atoms with van der Waals surface area (Å²) in [5, 5.41) is 6.24. The van der Waals surface area contributed by atoms with E-state index in [9.17, 15) is 13.6 Å². The van der Waals surface area contributed by atoms with E-state index in [0.29, 0.717) is 29.5 Å². The molecule has 0 saturated carbocycles. The monoisotopic (exact) mass is 418 g/mol. The van der Waals surface area contributed by atoms with Gasteiger partial charge in [0.1, 0.15) is 11.6 Å². The van der Waals surface area contributed by atoms with E-state index in [2.05, 4.69) is 4.98 Å². The first kappa shape index (κ1) is 18.9. The molecule has 9 heteroatoms. The molecule has 0 atom stereocenters. The number of rotatable bonds is 4. The third-order valence-corrected chi connectivity index (χ3v) is 6.53. The fraction of sp³-hybridized carbons (Fsp3) is 0.158. The molecule has 1 aliphatic rings. The Morgan fingerprint density at radius 2 is 1.82 bits per heavy atom. The van der Waals surface area contributed by atoms with E-state index >= 15 is 0 Å². The molecule has 28 heavy (non-hydrogen) atoms. The number of thiazole rings is 1. The van der Waals surface area contributed by atoms with Crippen molar-refractivity contribution < 1.29 is 13.6 Å². The Kier molecular flexibility index (Phi) is 5.05. The average molecular weight is 418 g/mol. The van der Waals surface area contributed by atoms with Gasteiger partial charge < -0.3 is 0 Å². The van der Waals surface area contributed by atoms with Gasteiger partial charge in [-0.2, -0.15) is 0 Å². The number of nitrogens with zero attached hydrogens (tertiary/aromatic N) is 3. The number of benzene rings is 2. The third-order valence-electron chi connectivity index (χ3n) is 4.51. The van der Waals surface area contributed by atoms with Gasteiger partial charge in [-0.05, 0) is 54.8 Å². The van der Waals surface area contributed by atoms with Crippen molar-refractivity contribution in [1.29, 1.82) is 0 Å². The van der Waals surface area contributed by atoms with Crippen molar-refractivity contribution in [3.63, 3.8) is 0 Å². The lowest BCUT2D eigenvalue weighted by Gasteiger charge is -2.17. The van der Waals surface area contributed by atoms with Crippen molar-refractivity contribution >= 4 is 40.1 Å². The molecule has 2 aromatic carbocycles. The quantitative estimate of drug-likeness (QED) is 0.618. The second-order valence-corrected chi connectivity index (χ2v) is 8.12. The largest absolute Gasteiger partial charge is 0.330 e. The maximum Gasteiger partial charge on any atom is 0.330 e. The molecule has 2 N–H and O–H groups in total. The zero-order valence-electron chi connectivity index (χ0n) is 14.9. The predicted octanol–water partition coefficient (Wildman–Crippen LogP) is 4.81. The van der Waals surface area contributed by atoms with Crippen LogP contribution < -0.4 is 14.9 Å². The van der Waals surface area contributed by atoms with Crippen molar-refractivity contribution in [3.8, 4) is 11.1 Å². The van der Waals surface area contributed by atoms with Crippen LogP contribution >= 0.6 is 23.3 Å². The van der Waals surface area contributed by atoms with Crippen molar-refractivity contribution in [2.75, 3.05) is 22.9 Å². The first-order chi connectivity index (χ1) is 13.5. The summed E-state index contributed by atoms with van der Waals surface area (Å²) in [5.74, 6) is -0.995. The average Bonchev–Trinajstić information content (AvgIpc) is 3.26. The van der Waals surface area contributed by atoms with Gasteiger partial charge in [-0.1, -0.05) is 23.5 Å². The van der Waals surface area contributed by atoms with Crippen LogP contribution in [-0.4, -0.2) is 24.1 Å². The summed E-state index contributed by atoms with van der Waals surface area (Å²) in [4.78, 5) is 20.5. The van der Waals surface area contributed by atoms with Crippen molar-refractivity contribution in [1.82, 2.24) is 4.98 Å². The topological polar surface area (TPSA) is 62.5 Å². The first-order valence-electron chi connectivity index (χ1n) is 8.46.